The molecule has 0 amide bonds. The maximum atomic E-state index is 8.74. The van der Waals surface area contributed by atoms with Gasteiger partial charge in [-0.1, -0.05) is 0 Å². The van der Waals surface area contributed by atoms with Crippen molar-refractivity contribution in [2.24, 2.45) is 0 Å². The Balaban J connectivity index is -0.0000000450. The first kappa shape index (κ1) is 15.7. The number of hydrogen-bond donors (Lipinski definition) is 2. The largest absolute Gasteiger partial charge is 0 e. The summed E-state index contributed by atoms with van der Waals surface area (Å²) in [5, 5.41) is 0. The van der Waals surface area contributed by atoms with Gasteiger partial charge in [0.15, 0.2) is 0 Å². The van der Waals surface area contributed by atoms with Gasteiger partial charge in [0, 0.05) is 17.1 Å². The molecule has 0 saturated carbocycles. The third kappa shape index (κ3) is 53.5. The van der Waals surface area contributed by atoms with Crippen LogP contribution in [-0.4, -0.2) is 56.5 Å². The summed E-state index contributed by atoms with van der Waals surface area (Å²) >= 11 is 0. The van der Waals surface area contributed by atoms with Crippen molar-refractivity contribution in [3.8, 4) is 0 Å². The third-order valence-corrected chi connectivity index (χ3v) is 0. The van der Waals surface area contributed by atoms with Crippen LogP contribution in [0, 0.1) is 0 Å². The average molecular weight is 184 g/mol. The molecule has 0 saturated heterocycles. The zero-order chi connectivity index (χ0) is 3.58. The maximum Gasteiger partial charge on any atom is 0 e. The minimum absolute atomic E-state index is 0. The van der Waals surface area contributed by atoms with Gasteiger partial charge in [-0.2, -0.15) is 0 Å². The Bertz CT molecular complexity index is 33.8. The average Bonchev–Trinajstić information content (AvgIpc) is 0.811. The molecule has 0 spiro atoms. The van der Waals surface area contributed by atoms with Crippen LogP contribution < -0.4 is 0 Å². The second-order valence-corrected chi connectivity index (χ2v) is 0.848. The molecule has 1 radical (unpaired) electrons. The van der Waals surface area contributed by atoms with Crippen LogP contribution in [0.4, 0.5) is 0 Å². The summed E-state index contributed by atoms with van der Waals surface area (Å²) in [6.45, 7) is 0. The fourth-order valence-corrected chi connectivity index (χ4v) is 0. The van der Waals surface area contributed by atoms with Gasteiger partial charge in [-0.25, -0.2) is 0 Å². The normalized spacial score (nSPS) is 4.00. The first-order valence-corrected chi connectivity index (χ1v) is 1.95. The molecule has 6 heteroatoms. The van der Waals surface area contributed by atoms with Gasteiger partial charge in [-0.05, 0) is 0 Å². The summed E-state index contributed by atoms with van der Waals surface area (Å²) in [6.07, 6.45) is 0. The van der Waals surface area contributed by atoms with E-state index in [2.05, 4.69) is 0 Å². The van der Waals surface area contributed by atoms with Gasteiger partial charge < -0.3 is 9.59 Å². The first-order chi connectivity index (χ1) is 1.73. The van der Waals surface area contributed by atoms with Crippen LogP contribution in [0.25, 0.3) is 0 Å². The Labute approximate surface area is 77.1 Å². The van der Waals surface area contributed by atoms with E-state index in [1.165, 1.54) is 0 Å². The van der Waals surface area contributed by atoms with Crippen LogP contribution in [0.3, 0.4) is 0 Å². The van der Waals surface area contributed by atoms with Gasteiger partial charge in [-0.3, -0.25) is 4.46 Å². The number of hydrogen-bond acceptors (Lipinski definition) is 1. The van der Waals surface area contributed by atoms with Crippen LogP contribution in [-0.2, 0) is 21.5 Å². The zero-order valence-corrected chi connectivity index (χ0v) is 4.05. The van der Waals surface area contributed by atoms with Crippen LogP contribution in [0.5, 0.6) is 0 Å². The van der Waals surface area contributed by atoms with Crippen molar-refractivity contribution in [2.45, 2.75) is 0 Å². The third-order valence-electron chi connectivity index (χ3n) is 0. The molecule has 0 unspecified atom stereocenters. The predicted molar refractivity (Wildman–Crippen MR) is 19.4 cm³/mol. The van der Waals surface area contributed by atoms with E-state index in [9.17, 15) is 0 Å². The molecule has 0 bridgehead atoms. The molecule has 0 aliphatic heterocycles. The van der Waals surface area contributed by atoms with Gasteiger partial charge in [-0.15, -0.1) is 0 Å². The first-order valence-electron chi connectivity index (χ1n) is 0.651. The Hall–Kier alpha value is 1.40. The molecule has 3 nitrogen and oxygen atoms in total. The maximum absolute atomic E-state index is 8.74. The second-order valence-electron chi connectivity index (χ2n) is 0.283. The van der Waals surface area contributed by atoms with Crippen molar-refractivity contribution in [3.63, 3.8) is 0 Å². The van der Waals surface area contributed by atoms with Gasteiger partial charge >= 0.3 is 46.9 Å². The van der Waals surface area contributed by atoms with E-state index >= 15 is 0 Å². The van der Waals surface area contributed by atoms with Crippen LogP contribution in [0.15, 0.2) is 0 Å². The SMILES string of the molecule is O=[Si](O)O.[CaH2].[Cu]. The van der Waals surface area contributed by atoms with E-state index in [4.69, 9.17) is 14.1 Å². The Morgan fingerprint density at radius 1 is 1.33 bits per heavy atom. The number of rotatable bonds is 0. The minimum Gasteiger partial charge on any atom is 0 e. The van der Waals surface area contributed by atoms with Crippen molar-refractivity contribution in [1.82, 2.24) is 0 Å². The van der Waals surface area contributed by atoms with E-state index in [-0.39, 0.29) is 54.8 Å². The summed E-state index contributed by atoms with van der Waals surface area (Å²) < 4.78 is 8.74. The molecule has 0 aliphatic rings. The Morgan fingerprint density at radius 3 is 1.33 bits per heavy atom. The standard InChI is InChI=1S/Ca.Cu.H2O3Si.2H/c;;1-4(2)3;;/h;;1-2H;;. The molecule has 2 N–H and O–H groups in total. The monoisotopic (exact) mass is 183 g/mol. The molecule has 6 heavy (non-hydrogen) atoms. The van der Waals surface area contributed by atoms with Gasteiger partial charge in [0.25, 0.3) is 0 Å². The molecule has 0 aromatic heterocycles. The van der Waals surface area contributed by atoms with E-state index in [0.29, 0.717) is 0 Å². The zero-order valence-electron chi connectivity index (χ0n) is 2.10. The summed E-state index contributed by atoms with van der Waals surface area (Å²) in [5.74, 6) is 0. The summed E-state index contributed by atoms with van der Waals surface area (Å²) in [4.78, 5) is 14.3. The molecule has 0 atom stereocenters. The molecule has 0 fully saturated rings. The topological polar surface area (TPSA) is 57.5 Å². The fraction of sp³-hybridized carbons (Fsp3) is 0. The Morgan fingerprint density at radius 2 is 1.33 bits per heavy atom. The molecule has 39 valence electrons. The Kier molecular flexibility index (Phi) is 25.1. The van der Waals surface area contributed by atoms with Crippen LogP contribution in [0.2, 0.25) is 0 Å². The van der Waals surface area contributed by atoms with Gasteiger partial charge in [0.2, 0.25) is 0 Å². The second kappa shape index (κ2) is 9.64. The van der Waals surface area contributed by atoms with Crippen molar-refractivity contribution in [2.75, 3.05) is 0 Å². The molecule has 0 aromatic carbocycles. The van der Waals surface area contributed by atoms with Crippen molar-refractivity contribution in [3.05, 3.63) is 0 Å². The summed E-state index contributed by atoms with van der Waals surface area (Å²) in [7, 11) is -3.13. The van der Waals surface area contributed by atoms with Crippen LogP contribution >= 0.6 is 0 Å². The minimum atomic E-state index is -3.13. The van der Waals surface area contributed by atoms with E-state index in [1.54, 1.807) is 0 Å². The van der Waals surface area contributed by atoms with Gasteiger partial charge in [0.05, 0.1) is 0 Å². The van der Waals surface area contributed by atoms with Crippen LogP contribution in [0.1, 0.15) is 0 Å². The fourth-order valence-electron chi connectivity index (χ4n) is 0. The van der Waals surface area contributed by atoms with E-state index < -0.39 is 9.17 Å². The van der Waals surface area contributed by atoms with Crippen molar-refractivity contribution < 1.29 is 31.1 Å². The summed E-state index contributed by atoms with van der Waals surface area (Å²) in [5.41, 5.74) is 0. The predicted octanol–water partition coefficient (Wildman–Crippen LogP) is -2.53. The van der Waals surface area contributed by atoms with E-state index in [0.717, 1.165) is 0 Å². The molecular weight excluding hydrogens is 180 g/mol. The smallest absolute Gasteiger partial charge is 0 e. The molecule has 0 heterocycles. The van der Waals surface area contributed by atoms with Gasteiger partial charge in [0.1, 0.15) is 0 Å². The molecule has 0 rings (SSSR count). The molecule has 0 aliphatic carbocycles. The quantitative estimate of drug-likeness (QED) is 0.408. The van der Waals surface area contributed by atoms with Crippen molar-refractivity contribution >= 4 is 46.9 Å². The molecular formula is H4CaCuO3Si. The van der Waals surface area contributed by atoms with E-state index in [1.807, 2.05) is 0 Å². The molecule has 0 aromatic rings. The summed E-state index contributed by atoms with van der Waals surface area (Å²) in [6, 6.07) is 0. The van der Waals surface area contributed by atoms with Crippen molar-refractivity contribution in [1.29, 1.82) is 0 Å².